The van der Waals surface area contributed by atoms with Crippen molar-refractivity contribution in [3.8, 4) is 0 Å². The van der Waals surface area contributed by atoms with Crippen molar-refractivity contribution in [2.45, 2.75) is 38.6 Å². The molecule has 0 fully saturated rings. The number of thiophene rings is 1. The molecule has 5 nitrogen and oxygen atoms in total. The monoisotopic (exact) mass is 461 g/mol. The molecular weight excluding hydrogens is 437 g/mol. The van der Waals surface area contributed by atoms with E-state index < -0.39 is 0 Å². The molecule has 0 bridgehead atoms. The predicted octanol–water partition coefficient (Wildman–Crippen LogP) is 6.52. The lowest BCUT2D eigenvalue weighted by atomic mass is 9.89. The smallest absolute Gasteiger partial charge is 0.291 e. The SMILES string of the molecule is Cc1ccnc(NC(c2cccc(F)c2)c2c(NC(=O)c3ccco3)sc3c2CCCC3)c1. The van der Waals surface area contributed by atoms with Gasteiger partial charge in [-0.15, -0.1) is 11.3 Å². The van der Waals surface area contributed by atoms with Gasteiger partial charge in [0.1, 0.15) is 16.6 Å². The Balaban J connectivity index is 1.62. The molecule has 1 aliphatic rings. The molecule has 0 aliphatic heterocycles. The summed E-state index contributed by atoms with van der Waals surface area (Å²) in [6.07, 6.45) is 7.34. The summed E-state index contributed by atoms with van der Waals surface area (Å²) in [4.78, 5) is 18.6. The molecule has 1 amide bonds. The molecule has 0 saturated heterocycles. The van der Waals surface area contributed by atoms with Crippen molar-refractivity contribution in [3.63, 3.8) is 0 Å². The van der Waals surface area contributed by atoms with Crippen LogP contribution in [0.1, 0.15) is 56.6 Å². The normalized spacial score (nSPS) is 13.9. The lowest BCUT2D eigenvalue weighted by Gasteiger charge is -2.24. The number of benzene rings is 1. The molecule has 1 unspecified atom stereocenters. The van der Waals surface area contributed by atoms with Crippen molar-refractivity contribution in [1.29, 1.82) is 0 Å². The highest BCUT2D eigenvalue weighted by Crippen LogP contribution is 2.44. The van der Waals surface area contributed by atoms with E-state index in [2.05, 4.69) is 15.6 Å². The maximum Gasteiger partial charge on any atom is 0.291 e. The zero-order valence-corrected chi connectivity index (χ0v) is 19.0. The molecule has 3 heterocycles. The minimum Gasteiger partial charge on any atom is -0.459 e. The number of amides is 1. The number of hydrogen-bond acceptors (Lipinski definition) is 5. The third kappa shape index (κ3) is 4.54. The number of furan rings is 1. The van der Waals surface area contributed by atoms with Crippen molar-refractivity contribution < 1.29 is 13.6 Å². The highest BCUT2D eigenvalue weighted by atomic mass is 32.1. The number of aryl methyl sites for hydroxylation is 2. The number of fused-ring (bicyclic) bond motifs is 1. The van der Waals surface area contributed by atoms with Crippen molar-refractivity contribution in [2.75, 3.05) is 10.6 Å². The van der Waals surface area contributed by atoms with Crippen molar-refractivity contribution >= 4 is 28.1 Å². The average Bonchev–Trinajstić information content (AvgIpc) is 3.46. The number of nitrogens with zero attached hydrogens (tertiary/aromatic N) is 1. The Kier molecular flexibility index (Phi) is 5.96. The Labute approximate surface area is 195 Å². The van der Waals surface area contributed by atoms with Gasteiger partial charge in [0.2, 0.25) is 0 Å². The average molecular weight is 462 g/mol. The Hall–Kier alpha value is -3.45. The third-order valence-electron chi connectivity index (χ3n) is 5.86. The van der Waals surface area contributed by atoms with Crippen LogP contribution >= 0.6 is 11.3 Å². The first-order valence-corrected chi connectivity index (χ1v) is 11.8. The van der Waals surface area contributed by atoms with Gasteiger partial charge in [0.05, 0.1) is 12.3 Å². The number of carbonyl (C=O) groups is 1. The standard InChI is InChI=1S/C26H24FN3O2S/c1-16-11-12-28-22(14-16)29-24(17-6-4-7-18(27)15-17)23-19-8-2-3-10-21(19)33-26(23)30-25(31)20-9-5-13-32-20/h4-7,9,11-15,24H,2-3,8,10H2,1H3,(H,28,29)(H,30,31). The van der Waals surface area contributed by atoms with E-state index in [0.29, 0.717) is 5.82 Å². The lowest BCUT2D eigenvalue weighted by Crippen LogP contribution is -2.19. The molecule has 7 heteroatoms. The predicted molar refractivity (Wildman–Crippen MR) is 128 cm³/mol. The summed E-state index contributed by atoms with van der Waals surface area (Å²) in [5, 5.41) is 7.34. The van der Waals surface area contributed by atoms with Gasteiger partial charge in [-0.2, -0.15) is 0 Å². The van der Waals surface area contributed by atoms with Crippen LogP contribution in [-0.4, -0.2) is 10.9 Å². The van der Waals surface area contributed by atoms with Crippen LogP contribution in [0.3, 0.4) is 0 Å². The van der Waals surface area contributed by atoms with E-state index in [4.69, 9.17) is 4.42 Å². The summed E-state index contributed by atoms with van der Waals surface area (Å²) < 4.78 is 19.6. The van der Waals surface area contributed by atoms with Crippen LogP contribution in [0.25, 0.3) is 0 Å². The summed E-state index contributed by atoms with van der Waals surface area (Å²) in [5.41, 5.74) is 4.06. The molecule has 1 atom stereocenters. The van der Waals surface area contributed by atoms with Crippen LogP contribution in [0.5, 0.6) is 0 Å². The maximum absolute atomic E-state index is 14.3. The number of carbonyl (C=O) groups excluding carboxylic acids is 1. The third-order valence-corrected chi connectivity index (χ3v) is 7.09. The topological polar surface area (TPSA) is 67.2 Å². The second-order valence-corrected chi connectivity index (χ2v) is 9.34. The minimum absolute atomic E-state index is 0.253. The number of halogens is 1. The molecule has 3 aromatic heterocycles. The number of hydrogen-bond donors (Lipinski definition) is 2. The Bertz CT molecular complexity index is 1280. The summed E-state index contributed by atoms with van der Waals surface area (Å²) in [6.45, 7) is 2.01. The van der Waals surface area contributed by atoms with Gasteiger partial charge in [0.15, 0.2) is 5.76 Å². The van der Waals surface area contributed by atoms with E-state index in [9.17, 15) is 9.18 Å². The molecule has 0 saturated carbocycles. The highest BCUT2D eigenvalue weighted by molar-refractivity contribution is 7.16. The highest BCUT2D eigenvalue weighted by Gasteiger charge is 2.29. The van der Waals surface area contributed by atoms with Gasteiger partial charge in [0.25, 0.3) is 5.91 Å². The molecule has 168 valence electrons. The van der Waals surface area contributed by atoms with E-state index >= 15 is 0 Å². The number of anilines is 2. The second-order valence-electron chi connectivity index (χ2n) is 8.24. The van der Waals surface area contributed by atoms with Gasteiger partial charge in [0, 0.05) is 16.6 Å². The number of aromatic nitrogens is 1. The summed E-state index contributed by atoms with van der Waals surface area (Å²) in [5.74, 6) is 0.347. The van der Waals surface area contributed by atoms with Crippen LogP contribution in [0.4, 0.5) is 15.2 Å². The number of pyridine rings is 1. The van der Waals surface area contributed by atoms with Gasteiger partial charge in [-0.05, 0) is 85.7 Å². The van der Waals surface area contributed by atoms with Crippen LogP contribution in [0.15, 0.2) is 65.4 Å². The van der Waals surface area contributed by atoms with E-state index in [1.165, 1.54) is 22.8 Å². The molecule has 1 aromatic carbocycles. The molecule has 0 radical (unpaired) electrons. The quantitative estimate of drug-likeness (QED) is 0.343. The molecule has 0 spiro atoms. The fourth-order valence-corrected chi connectivity index (χ4v) is 5.66. The zero-order chi connectivity index (χ0) is 22.8. The van der Waals surface area contributed by atoms with Gasteiger partial charge in [-0.3, -0.25) is 4.79 Å². The molecule has 1 aliphatic carbocycles. The largest absolute Gasteiger partial charge is 0.459 e. The van der Waals surface area contributed by atoms with Crippen molar-refractivity contribution in [3.05, 3.63) is 99.7 Å². The summed E-state index contributed by atoms with van der Waals surface area (Å²) in [7, 11) is 0. The number of nitrogens with one attached hydrogen (secondary N) is 2. The summed E-state index contributed by atoms with van der Waals surface area (Å²) >= 11 is 1.60. The van der Waals surface area contributed by atoms with E-state index in [0.717, 1.165) is 47.4 Å². The molecular formula is C26H24FN3O2S. The van der Waals surface area contributed by atoms with Gasteiger partial charge in [-0.1, -0.05) is 12.1 Å². The minimum atomic E-state index is -0.375. The first-order valence-electron chi connectivity index (χ1n) is 11.0. The van der Waals surface area contributed by atoms with Crippen molar-refractivity contribution in [1.82, 2.24) is 4.98 Å². The Morgan fingerprint density at radius 2 is 2.03 bits per heavy atom. The van der Waals surface area contributed by atoms with Crippen LogP contribution in [0.2, 0.25) is 0 Å². The zero-order valence-electron chi connectivity index (χ0n) is 18.2. The lowest BCUT2D eigenvalue weighted by molar-refractivity contribution is 0.0997. The van der Waals surface area contributed by atoms with Crippen molar-refractivity contribution in [2.24, 2.45) is 0 Å². The van der Waals surface area contributed by atoms with Gasteiger partial charge in [-0.25, -0.2) is 9.37 Å². The Morgan fingerprint density at radius 3 is 2.82 bits per heavy atom. The van der Waals surface area contributed by atoms with E-state index in [-0.39, 0.29) is 23.5 Å². The van der Waals surface area contributed by atoms with E-state index in [1.807, 2.05) is 25.1 Å². The van der Waals surface area contributed by atoms with Gasteiger partial charge >= 0.3 is 0 Å². The maximum atomic E-state index is 14.3. The first-order chi connectivity index (χ1) is 16.1. The molecule has 5 rings (SSSR count). The fourth-order valence-electron chi connectivity index (χ4n) is 4.33. The van der Waals surface area contributed by atoms with Crippen LogP contribution < -0.4 is 10.6 Å². The summed E-state index contributed by atoms with van der Waals surface area (Å²) in [6, 6.07) is 13.4. The van der Waals surface area contributed by atoms with Crippen LogP contribution in [0, 0.1) is 12.7 Å². The van der Waals surface area contributed by atoms with Crippen LogP contribution in [-0.2, 0) is 12.8 Å². The fraction of sp³-hybridized carbons (Fsp3) is 0.231. The van der Waals surface area contributed by atoms with E-state index in [1.54, 1.807) is 41.8 Å². The second kappa shape index (κ2) is 9.19. The van der Waals surface area contributed by atoms with Gasteiger partial charge < -0.3 is 15.1 Å². The Morgan fingerprint density at radius 1 is 1.15 bits per heavy atom. The number of rotatable bonds is 6. The molecule has 33 heavy (non-hydrogen) atoms. The molecule has 2 N–H and O–H groups in total. The first kappa shape index (κ1) is 21.4. The molecule has 4 aromatic rings.